The van der Waals surface area contributed by atoms with Gasteiger partial charge in [0.05, 0.1) is 6.61 Å². The third-order valence-corrected chi connectivity index (χ3v) is 6.66. The van der Waals surface area contributed by atoms with Gasteiger partial charge in [-0.05, 0) is 19.3 Å². The largest absolute Gasteiger partial charge is 1.00 e. The molecule has 0 heterocycles. The second-order valence-corrected chi connectivity index (χ2v) is 10.5. The molecule has 0 aliphatic rings. The van der Waals surface area contributed by atoms with Crippen LogP contribution < -0.4 is 51.4 Å². The predicted molar refractivity (Wildman–Crippen MR) is 137 cm³/mol. The molecule has 4 nitrogen and oxygen atoms in total. The van der Waals surface area contributed by atoms with E-state index in [9.17, 15) is 13.0 Å². The van der Waals surface area contributed by atoms with Gasteiger partial charge in [0.25, 0.3) is 0 Å². The first kappa shape index (κ1) is 36.4. The summed E-state index contributed by atoms with van der Waals surface area (Å²) >= 11 is 0. The Morgan fingerprint density at radius 1 is 0.667 bits per heavy atom. The Morgan fingerprint density at radius 2 is 1.06 bits per heavy atom. The number of unbranched alkanes of at least 4 members (excludes halogenated alkanes) is 18. The summed E-state index contributed by atoms with van der Waals surface area (Å²) in [5, 5.41) is 0. The molecule has 0 bridgehead atoms. The van der Waals surface area contributed by atoms with Gasteiger partial charge in [-0.3, -0.25) is 4.18 Å². The molecular weight excluding hydrogens is 459 g/mol. The van der Waals surface area contributed by atoms with Crippen molar-refractivity contribution < 1.29 is 68.5 Å². The van der Waals surface area contributed by atoms with Crippen molar-refractivity contribution in [2.24, 2.45) is 5.92 Å². The molecule has 0 aromatic carbocycles. The van der Waals surface area contributed by atoms with Crippen LogP contribution in [0, 0.1) is 5.92 Å². The summed E-state index contributed by atoms with van der Waals surface area (Å²) in [4.78, 5) is 0. The van der Waals surface area contributed by atoms with E-state index in [-0.39, 0.29) is 63.9 Å². The van der Waals surface area contributed by atoms with E-state index in [1.807, 2.05) is 0 Å². The molecule has 0 N–H and O–H groups in total. The Labute approximate surface area is 249 Å². The molecule has 0 spiro atoms. The van der Waals surface area contributed by atoms with Crippen LogP contribution in [0.4, 0.5) is 0 Å². The first-order chi connectivity index (χ1) is 15.5. The monoisotopic (exact) mass is 512 g/mol. The molecule has 0 radical (unpaired) electrons. The number of allylic oxidation sites excluding steroid dienone is 1. The summed E-state index contributed by atoms with van der Waals surface area (Å²) in [5.41, 5.74) is 0. The van der Waals surface area contributed by atoms with Crippen molar-refractivity contribution in [1.29, 1.82) is 0 Å². The molecule has 0 saturated heterocycles. The molecule has 33 heavy (non-hydrogen) atoms. The Morgan fingerprint density at radius 3 is 1.48 bits per heavy atom. The fourth-order valence-electron chi connectivity index (χ4n) is 4.16. The third kappa shape index (κ3) is 31.2. The first-order valence-electron chi connectivity index (χ1n) is 13.8. The van der Waals surface area contributed by atoms with Gasteiger partial charge in [-0.1, -0.05) is 142 Å². The summed E-state index contributed by atoms with van der Waals surface area (Å²) in [6.45, 7) is 4.47. The molecule has 0 rings (SSSR count). The maximum Gasteiger partial charge on any atom is 1.00 e. The maximum absolute atomic E-state index is 10.8. The van der Waals surface area contributed by atoms with Crippen LogP contribution in [0.5, 0.6) is 0 Å². The van der Waals surface area contributed by atoms with Crippen molar-refractivity contribution in [3.05, 3.63) is 12.2 Å². The Balaban J connectivity index is 0. The molecule has 0 aromatic rings. The average Bonchev–Trinajstić information content (AvgIpc) is 2.75. The van der Waals surface area contributed by atoms with Crippen LogP contribution in [-0.2, 0) is 14.6 Å². The quantitative estimate of drug-likeness (QED) is 0.0504. The number of hydrogen-bond donors (Lipinski definition) is 0. The van der Waals surface area contributed by atoms with Crippen molar-refractivity contribution in [3.63, 3.8) is 0 Å². The molecule has 192 valence electrons. The summed E-state index contributed by atoms with van der Waals surface area (Å²) in [6, 6.07) is 0. The van der Waals surface area contributed by atoms with Gasteiger partial charge in [0, 0.05) is 5.92 Å². The Kier molecular flexibility index (Phi) is 30.7. The van der Waals surface area contributed by atoms with Gasteiger partial charge >= 0.3 is 51.4 Å². The third-order valence-electron chi connectivity index (χ3n) is 6.24. The van der Waals surface area contributed by atoms with E-state index in [1.54, 1.807) is 0 Å². The van der Waals surface area contributed by atoms with Gasteiger partial charge in [-0.2, -0.15) is 0 Å². The average molecular weight is 513 g/mol. The number of rotatable bonds is 25. The van der Waals surface area contributed by atoms with Gasteiger partial charge in [0.1, 0.15) is 0 Å². The fourth-order valence-corrected chi connectivity index (χ4v) is 4.50. The Hall–Kier alpha value is 1.25. The summed E-state index contributed by atoms with van der Waals surface area (Å²) in [5.74, 6) is 0.0201. The van der Waals surface area contributed by atoms with Crippen LogP contribution in [0.25, 0.3) is 0 Å². The van der Waals surface area contributed by atoms with Crippen LogP contribution in [0.3, 0.4) is 0 Å². The van der Waals surface area contributed by atoms with E-state index in [2.05, 4.69) is 30.2 Å². The van der Waals surface area contributed by atoms with Crippen molar-refractivity contribution in [3.8, 4) is 0 Å². The van der Waals surface area contributed by atoms with Gasteiger partial charge in [0.2, 0.25) is 10.4 Å². The van der Waals surface area contributed by atoms with Crippen LogP contribution in [0.2, 0.25) is 0 Å². The minimum absolute atomic E-state index is 0. The van der Waals surface area contributed by atoms with Gasteiger partial charge < -0.3 is 4.55 Å². The standard InChI is InChI=1S/C27H54O4S.K/c1-3-5-7-9-11-12-13-14-15-16-17-19-21-23-25-27(26-31-32(28,29)30)24-22-20-18-10-8-6-4-2;/h23,25,27H,3-22,24,26H2,1-2H3,(H,28,29,30);/q;+1/p-1/b25-23+;. The predicted octanol–water partition coefficient (Wildman–Crippen LogP) is 5.87. The van der Waals surface area contributed by atoms with E-state index >= 15 is 0 Å². The molecule has 0 aliphatic heterocycles. The van der Waals surface area contributed by atoms with Gasteiger partial charge in [0.15, 0.2) is 0 Å². The van der Waals surface area contributed by atoms with Crippen LogP contribution in [0.1, 0.15) is 149 Å². The molecule has 0 fully saturated rings. The van der Waals surface area contributed by atoms with Crippen LogP contribution in [-0.4, -0.2) is 19.6 Å². The summed E-state index contributed by atoms with van der Waals surface area (Å²) in [6.07, 6.45) is 30.9. The smallest absolute Gasteiger partial charge is 0.726 e. The zero-order chi connectivity index (χ0) is 23.8. The molecule has 1 unspecified atom stereocenters. The van der Waals surface area contributed by atoms with Gasteiger partial charge in [-0.15, -0.1) is 0 Å². The molecule has 0 amide bonds. The molecule has 0 saturated carbocycles. The molecule has 0 aromatic heterocycles. The normalized spacial score (nSPS) is 12.8. The van der Waals surface area contributed by atoms with Crippen molar-refractivity contribution in [2.75, 3.05) is 6.61 Å². The second-order valence-electron chi connectivity index (χ2n) is 9.47. The van der Waals surface area contributed by atoms with Crippen molar-refractivity contribution >= 4 is 10.4 Å². The maximum atomic E-state index is 10.8. The molecule has 6 heteroatoms. The fraction of sp³-hybridized carbons (Fsp3) is 0.926. The first-order valence-corrected chi connectivity index (χ1v) is 15.1. The topological polar surface area (TPSA) is 66.4 Å². The van der Waals surface area contributed by atoms with E-state index < -0.39 is 10.4 Å². The second kappa shape index (κ2) is 27.8. The molecule has 0 aliphatic carbocycles. The zero-order valence-electron chi connectivity index (χ0n) is 22.3. The van der Waals surface area contributed by atoms with E-state index in [1.165, 1.54) is 109 Å². The Bertz CT molecular complexity index is 508. The molecular formula is C27H53KO4S. The minimum Gasteiger partial charge on any atom is -0.726 e. The minimum atomic E-state index is -4.61. The van der Waals surface area contributed by atoms with E-state index in [4.69, 9.17) is 0 Å². The zero-order valence-corrected chi connectivity index (χ0v) is 26.3. The van der Waals surface area contributed by atoms with Crippen molar-refractivity contribution in [1.82, 2.24) is 0 Å². The van der Waals surface area contributed by atoms with Gasteiger partial charge in [-0.25, -0.2) is 8.42 Å². The summed E-state index contributed by atoms with van der Waals surface area (Å²) < 4.78 is 37.0. The van der Waals surface area contributed by atoms with Crippen LogP contribution in [0.15, 0.2) is 12.2 Å². The summed E-state index contributed by atoms with van der Waals surface area (Å²) in [7, 11) is -4.61. The van der Waals surface area contributed by atoms with E-state index in [0.717, 1.165) is 25.7 Å². The number of hydrogen-bond acceptors (Lipinski definition) is 4. The van der Waals surface area contributed by atoms with Crippen LogP contribution >= 0.6 is 0 Å². The van der Waals surface area contributed by atoms with E-state index in [0.29, 0.717) is 0 Å². The molecule has 1 atom stereocenters. The van der Waals surface area contributed by atoms with Crippen molar-refractivity contribution in [2.45, 2.75) is 149 Å². The SMILES string of the molecule is CCCCCCCCCCCCCC/C=C/C(CCCCCCCCC)COS(=O)(=O)[O-].[K+].